The van der Waals surface area contributed by atoms with E-state index >= 15 is 0 Å². The summed E-state index contributed by atoms with van der Waals surface area (Å²) in [6.07, 6.45) is -2.75. The second kappa shape index (κ2) is 3.73. The first-order valence-electron chi connectivity index (χ1n) is 3.59. The lowest BCUT2D eigenvalue weighted by Gasteiger charge is -2.05. The topological polar surface area (TPSA) is 42.7 Å². The molecule has 0 aliphatic carbocycles. The summed E-state index contributed by atoms with van der Waals surface area (Å²) in [4.78, 5) is 3.76. The van der Waals surface area contributed by atoms with Crippen molar-refractivity contribution in [1.29, 1.82) is 0 Å². The van der Waals surface area contributed by atoms with Crippen LogP contribution in [-0.4, -0.2) is 27.5 Å². The third-order valence-corrected chi connectivity index (χ3v) is 1.26. The Kier molecular flexibility index (Phi) is 2.86. The number of aryl methyl sites for hydroxylation is 1. The molecule has 0 aromatic carbocycles. The third kappa shape index (κ3) is 3.88. The average Bonchev–Trinajstić information content (AvgIpc) is 2.33. The highest BCUT2D eigenvalue weighted by Crippen LogP contribution is 2.12. The number of alkyl halides is 3. The molecule has 0 aliphatic rings. The van der Waals surface area contributed by atoms with Crippen molar-refractivity contribution in [1.82, 2.24) is 20.1 Å². The Labute approximate surface area is 72.8 Å². The van der Waals surface area contributed by atoms with Crippen LogP contribution in [0, 0.1) is 0 Å². The number of nitrogens with zero attached hydrogens (tertiary/aromatic N) is 3. The summed E-state index contributed by atoms with van der Waals surface area (Å²) < 4.78 is 36.4. The van der Waals surface area contributed by atoms with E-state index in [9.17, 15) is 13.2 Å². The van der Waals surface area contributed by atoms with E-state index < -0.39 is 12.7 Å². The van der Waals surface area contributed by atoms with Gasteiger partial charge in [-0.1, -0.05) is 0 Å². The molecule has 1 aromatic heterocycles. The fourth-order valence-corrected chi connectivity index (χ4v) is 0.781. The van der Waals surface area contributed by atoms with Crippen molar-refractivity contribution < 1.29 is 13.2 Å². The molecule has 13 heavy (non-hydrogen) atoms. The van der Waals surface area contributed by atoms with Gasteiger partial charge in [0.2, 0.25) is 0 Å². The van der Waals surface area contributed by atoms with E-state index in [2.05, 4.69) is 15.4 Å². The monoisotopic (exact) mass is 194 g/mol. The Balaban J connectivity index is 2.28. The van der Waals surface area contributed by atoms with Crippen molar-refractivity contribution in [3.8, 4) is 0 Å². The Morgan fingerprint density at radius 2 is 2.23 bits per heavy atom. The average molecular weight is 194 g/mol. The highest BCUT2D eigenvalue weighted by molar-refractivity contribution is 4.80. The first-order chi connectivity index (χ1) is 5.97. The molecule has 0 fully saturated rings. The molecule has 0 spiro atoms. The smallest absolute Gasteiger partial charge is 0.302 e. The minimum Gasteiger partial charge on any atom is -0.302 e. The SMILES string of the molecule is Cn1cnc(CNCC(F)(F)F)n1. The van der Waals surface area contributed by atoms with Crippen LogP contribution in [0.5, 0.6) is 0 Å². The maximum absolute atomic E-state index is 11.7. The first kappa shape index (κ1) is 9.97. The lowest BCUT2D eigenvalue weighted by Crippen LogP contribution is -2.28. The maximum atomic E-state index is 11.7. The van der Waals surface area contributed by atoms with Crippen molar-refractivity contribution in [2.24, 2.45) is 7.05 Å². The summed E-state index contributed by atoms with van der Waals surface area (Å²) >= 11 is 0. The maximum Gasteiger partial charge on any atom is 0.401 e. The van der Waals surface area contributed by atoms with Gasteiger partial charge in [0.15, 0.2) is 5.82 Å². The minimum atomic E-state index is -4.19. The molecule has 0 atom stereocenters. The van der Waals surface area contributed by atoms with Crippen LogP contribution >= 0.6 is 0 Å². The van der Waals surface area contributed by atoms with Crippen LogP contribution in [0.15, 0.2) is 6.33 Å². The zero-order chi connectivity index (χ0) is 9.90. The molecule has 0 unspecified atom stereocenters. The molecular formula is C6H9F3N4. The Hall–Kier alpha value is -1.11. The number of halogens is 3. The normalized spacial score (nSPS) is 12.0. The van der Waals surface area contributed by atoms with E-state index in [1.807, 2.05) is 0 Å². The fourth-order valence-electron chi connectivity index (χ4n) is 0.781. The summed E-state index contributed by atoms with van der Waals surface area (Å²) in [6.45, 7) is -0.994. The fraction of sp³-hybridized carbons (Fsp3) is 0.667. The molecule has 1 heterocycles. The molecule has 0 aliphatic heterocycles. The predicted molar refractivity (Wildman–Crippen MR) is 38.8 cm³/mol. The van der Waals surface area contributed by atoms with Crippen LogP contribution in [-0.2, 0) is 13.6 Å². The first-order valence-corrected chi connectivity index (χ1v) is 3.59. The molecule has 1 rings (SSSR count). The van der Waals surface area contributed by atoms with Gasteiger partial charge in [0.25, 0.3) is 0 Å². The summed E-state index contributed by atoms with van der Waals surface area (Å²) in [5.41, 5.74) is 0. The predicted octanol–water partition coefficient (Wildman–Crippen LogP) is 0.467. The van der Waals surface area contributed by atoms with Gasteiger partial charge < -0.3 is 5.32 Å². The van der Waals surface area contributed by atoms with Crippen LogP contribution in [0.1, 0.15) is 5.82 Å². The molecule has 7 heteroatoms. The number of hydrogen-bond donors (Lipinski definition) is 1. The van der Waals surface area contributed by atoms with Crippen molar-refractivity contribution in [2.45, 2.75) is 12.7 Å². The lowest BCUT2D eigenvalue weighted by molar-refractivity contribution is -0.125. The Bertz CT molecular complexity index is 267. The Morgan fingerprint density at radius 3 is 2.69 bits per heavy atom. The summed E-state index contributed by atoms with van der Waals surface area (Å²) in [7, 11) is 1.65. The molecule has 0 radical (unpaired) electrons. The van der Waals surface area contributed by atoms with Crippen LogP contribution in [0.3, 0.4) is 0 Å². The van der Waals surface area contributed by atoms with Gasteiger partial charge in [-0.25, -0.2) is 4.98 Å². The van der Waals surface area contributed by atoms with Crippen LogP contribution < -0.4 is 5.32 Å². The molecule has 4 nitrogen and oxygen atoms in total. The molecule has 0 amide bonds. The van der Waals surface area contributed by atoms with Gasteiger partial charge in [-0.2, -0.15) is 18.3 Å². The van der Waals surface area contributed by atoms with Crippen LogP contribution in [0.25, 0.3) is 0 Å². The van der Waals surface area contributed by atoms with Gasteiger partial charge in [0.1, 0.15) is 6.33 Å². The number of nitrogens with one attached hydrogen (secondary N) is 1. The second-order valence-corrected chi connectivity index (χ2v) is 2.55. The van der Waals surface area contributed by atoms with Gasteiger partial charge in [0.05, 0.1) is 13.1 Å². The zero-order valence-electron chi connectivity index (χ0n) is 6.97. The summed E-state index contributed by atoms with van der Waals surface area (Å²) in [6, 6.07) is 0. The van der Waals surface area contributed by atoms with Crippen molar-refractivity contribution in [3.05, 3.63) is 12.2 Å². The van der Waals surface area contributed by atoms with Gasteiger partial charge in [0, 0.05) is 7.05 Å². The Morgan fingerprint density at radius 1 is 1.54 bits per heavy atom. The summed E-state index contributed by atoms with van der Waals surface area (Å²) in [5, 5.41) is 6.00. The standard InChI is InChI=1S/C6H9F3N4/c1-13-4-11-5(12-13)2-10-3-6(7,8)9/h4,10H,2-3H2,1H3. The van der Waals surface area contributed by atoms with Crippen molar-refractivity contribution >= 4 is 0 Å². The molecule has 0 saturated carbocycles. The highest BCUT2D eigenvalue weighted by Gasteiger charge is 2.26. The summed E-state index contributed by atoms with van der Waals surface area (Å²) in [5.74, 6) is 0.353. The number of rotatable bonds is 3. The molecule has 1 N–H and O–H groups in total. The van der Waals surface area contributed by atoms with Crippen molar-refractivity contribution in [3.63, 3.8) is 0 Å². The highest BCUT2D eigenvalue weighted by atomic mass is 19.4. The van der Waals surface area contributed by atoms with E-state index in [1.165, 1.54) is 11.0 Å². The van der Waals surface area contributed by atoms with E-state index in [-0.39, 0.29) is 6.54 Å². The molecule has 0 bridgehead atoms. The molecule has 1 aromatic rings. The second-order valence-electron chi connectivity index (χ2n) is 2.55. The third-order valence-electron chi connectivity index (χ3n) is 1.26. The molecular weight excluding hydrogens is 185 g/mol. The zero-order valence-corrected chi connectivity index (χ0v) is 6.97. The van der Waals surface area contributed by atoms with E-state index in [0.29, 0.717) is 5.82 Å². The van der Waals surface area contributed by atoms with E-state index in [0.717, 1.165) is 0 Å². The minimum absolute atomic E-state index is 0.0281. The molecule has 74 valence electrons. The van der Waals surface area contributed by atoms with Gasteiger partial charge in [-0.3, -0.25) is 4.68 Å². The molecule has 0 saturated heterocycles. The van der Waals surface area contributed by atoms with Gasteiger partial charge >= 0.3 is 6.18 Å². The number of hydrogen-bond acceptors (Lipinski definition) is 3. The lowest BCUT2D eigenvalue weighted by atomic mass is 10.5. The quantitative estimate of drug-likeness (QED) is 0.760. The van der Waals surface area contributed by atoms with Gasteiger partial charge in [-0.15, -0.1) is 0 Å². The van der Waals surface area contributed by atoms with Crippen molar-refractivity contribution in [2.75, 3.05) is 6.54 Å². The largest absolute Gasteiger partial charge is 0.401 e. The number of aromatic nitrogens is 3. The van der Waals surface area contributed by atoms with Crippen LogP contribution in [0.2, 0.25) is 0 Å². The van der Waals surface area contributed by atoms with E-state index in [4.69, 9.17) is 0 Å². The van der Waals surface area contributed by atoms with Crippen LogP contribution in [0.4, 0.5) is 13.2 Å². The van der Waals surface area contributed by atoms with E-state index in [1.54, 1.807) is 7.05 Å². The van der Waals surface area contributed by atoms with Gasteiger partial charge in [-0.05, 0) is 0 Å².